The Labute approximate surface area is 165 Å². The SMILES string of the molecule is CCCCCC1CC=C(c2ccc(C(=O)OC3CCC(C)CC3)cc2)CC1. The zero-order valence-electron chi connectivity index (χ0n) is 17.2. The summed E-state index contributed by atoms with van der Waals surface area (Å²) in [6, 6.07) is 8.08. The first-order valence-electron chi connectivity index (χ1n) is 11.2. The van der Waals surface area contributed by atoms with Crippen LogP contribution in [-0.4, -0.2) is 12.1 Å². The van der Waals surface area contributed by atoms with E-state index < -0.39 is 0 Å². The fourth-order valence-electron chi connectivity index (χ4n) is 4.48. The number of hydrogen-bond donors (Lipinski definition) is 0. The van der Waals surface area contributed by atoms with E-state index in [0.29, 0.717) is 5.56 Å². The van der Waals surface area contributed by atoms with Crippen LogP contribution in [0.3, 0.4) is 0 Å². The molecule has 0 saturated heterocycles. The van der Waals surface area contributed by atoms with Crippen LogP contribution in [-0.2, 0) is 4.74 Å². The lowest BCUT2D eigenvalue weighted by Gasteiger charge is -2.26. The van der Waals surface area contributed by atoms with Crippen LogP contribution in [0.15, 0.2) is 30.3 Å². The third-order valence-corrected chi connectivity index (χ3v) is 6.46. The van der Waals surface area contributed by atoms with Gasteiger partial charge >= 0.3 is 5.97 Å². The highest BCUT2D eigenvalue weighted by Gasteiger charge is 2.22. The van der Waals surface area contributed by atoms with Gasteiger partial charge in [0.05, 0.1) is 5.56 Å². The maximum atomic E-state index is 12.4. The van der Waals surface area contributed by atoms with Gasteiger partial charge in [-0.15, -0.1) is 0 Å². The summed E-state index contributed by atoms with van der Waals surface area (Å²) in [7, 11) is 0. The Hall–Kier alpha value is -1.57. The van der Waals surface area contributed by atoms with Crippen LogP contribution in [0.4, 0.5) is 0 Å². The first-order chi connectivity index (χ1) is 13.2. The molecule has 2 heteroatoms. The van der Waals surface area contributed by atoms with Gasteiger partial charge in [0.2, 0.25) is 0 Å². The van der Waals surface area contributed by atoms with E-state index in [1.807, 2.05) is 12.1 Å². The molecule has 0 N–H and O–H groups in total. The third kappa shape index (κ3) is 5.96. The Morgan fingerprint density at radius 3 is 2.41 bits per heavy atom. The Morgan fingerprint density at radius 1 is 1.04 bits per heavy atom. The standard InChI is InChI=1S/C25H36O2/c1-3-4-5-6-20-9-11-21(12-10-20)22-13-15-23(16-14-22)25(26)27-24-17-7-19(2)8-18-24/h11,13-16,19-20,24H,3-10,12,17-18H2,1-2H3. The van der Waals surface area contributed by atoms with Crippen molar-refractivity contribution in [2.75, 3.05) is 0 Å². The molecule has 148 valence electrons. The van der Waals surface area contributed by atoms with Crippen molar-refractivity contribution in [1.82, 2.24) is 0 Å². The minimum atomic E-state index is -0.158. The fourth-order valence-corrected chi connectivity index (χ4v) is 4.48. The van der Waals surface area contributed by atoms with Crippen molar-refractivity contribution in [3.63, 3.8) is 0 Å². The predicted molar refractivity (Wildman–Crippen MR) is 113 cm³/mol. The molecule has 0 heterocycles. The van der Waals surface area contributed by atoms with Gasteiger partial charge in [0, 0.05) is 0 Å². The van der Waals surface area contributed by atoms with Crippen LogP contribution in [0, 0.1) is 11.8 Å². The van der Waals surface area contributed by atoms with Crippen molar-refractivity contribution >= 4 is 11.5 Å². The molecule has 1 aromatic carbocycles. The van der Waals surface area contributed by atoms with Crippen LogP contribution in [0.5, 0.6) is 0 Å². The minimum absolute atomic E-state index is 0.110. The third-order valence-electron chi connectivity index (χ3n) is 6.46. The molecule has 3 rings (SSSR count). The largest absolute Gasteiger partial charge is 0.459 e. The number of hydrogen-bond acceptors (Lipinski definition) is 2. The Kier molecular flexibility index (Phi) is 7.55. The minimum Gasteiger partial charge on any atom is -0.459 e. The summed E-state index contributed by atoms with van der Waals surface area (Å²) in [4.78, 5) is 12.4. The number of allylic oxidation sites excluding steroid dienone is 2. The highest BCUT2D eigenvalue weighted by molar-refractivity contribution is 5.90. The Balaban J connectivity index is 1.50. The van der Waals surface area contributed by atoms with Gasteiger partial charge in [-0.3, -0.25) is 0 Å². The van der Waals surface area contributed by atoms with Crippen LogP contribution >= 0.6 is 0 Å². The van der Waals surface area contributed by atoms with Crippen molar-refractivity contribution in [3.8, 4) is 0 Å². The average Bonchev–Trinajstić information content (AvgIpc) is 2.70. The zero-order valence-corrected chi connectivity index (χ0v) is 17.2. The van der Waals surface area contributed by atoms with Gasteiger partial charge < -0.3 is 4.74 Å². The molecule has 0 amide bonds. The van der Waals surface area contributed by atoms with Crippen molar-refractivity contribution in [3.05, 3.63) is 41.5 Å². The fraction of sp³-hybridized carbons (Fsp3) is 0.640. The second kappa shape index (κ2) is 10.1. The highest BCUT2D eigenvalue weighted by Crippen LogP contribution is 2.33. The molecule has 1 fully saturated rings. The van der Waals surface area contributed by atoms with E-state index in [-0.39, 0.29) is 12.1 Å². The molecular weight excluding hydrogens is 332 g/mol. The van der Waals surface area contributed by atoms with Crippen molar-refractivity contribution in [1.29, 1.82) is 0 Å². The second-order valence-electron chi connectivity index (χ2n) is 8.73. The van der Waals surface area contributed by atoms with Crippen LogP contribution in [0.25, 0.3) is 5.57 Å². The van der Waals surface area contributed by atoms with Crippen LogP contribution in [0.1, 0.15) is 100 Å². The van der Waals surface area contributed by atoms with Gasteiger partial charge in [0.15, 0.2) is 0 Å². The normalized spacial score (nSPS) is 25.7. The summed E-state index contributed by atoms with van der Waals surface area (Å²) in [6.45, 7) is 4.55. The summed E-state index contributed by atoms with van der Waals surface area (Å²) in [6.07, 6.45) is 16.0. The summed E-state index contributed by atoms with van der Waals surface area (Å²) < 4.78 is 5.72. The average molecular weight is 369 g/mol. The van der Waals surface area contributed by atoms with Crippen molar-refractivity contribution in [2.45, 2.75) is 90.6 Å². The van der Waals surface area contributed by atoms with Gasteiger partial charge in [-0.05, 0) is 80.1 Å². The molecule has 0 bridgehead atoms. The molecule has 2 aliphatic rings. The zero-order chi connectivity index (χ0) is 19.1. The summed E-state index contributed by atoms with van der Waals surface area (Å²) in [5, 5.41) is 0. The number of rotatable bonds is 7. The molecule has 0 radical (unpaired) electrons. The monoisotopic (exact) mass is 368 g/mol. The molecule has 27 heavy (non-hydrogen) atoms. The second-order valence-corrected chi connectivity index (χ2v) is 8.73. The molecule has 1 aromatic rings. The van der Waals surface area contributed by atoms with Crippen LogP contribution in [0.2, 0.25) is 0 Å². The Bertz CT molecular complexity index is 620. The van der Waals surface area contributed by atoms with Gasteiger partial charge in [0.1, 0.15) is 6.10 Å². The molecule has 0 spiro atoms. The number of benzene rings is 1. The van der Waals surface area contributed by atoms with E-state index in [1.54, 1.807) is 0 Å². The first kappa shape index (κ1) is 20.2. The number of ether oxygens (including phenoxy) is 1. The molecule has 0 aromatic heterocycles. The lowest BCUT2D eigenvalue weighted by atomic mass is 9.84. The highest BCUT2D eigenvalue weighted by atomic mass is 16.5. The summed E-state index contributed by atoms with van der Waals surface area (Å²) in [5.41, 5.74) is 3.40. The topological polar surface area (TPSA) is 26.3 Å². The molecule has 1 saturated carbocycles. The van der Waals surface area contributed by atoms with Crippen molar-refractivity contribution in [2.24, 2.45) is 11.8 Å². The first-order valence-corrected chi connectivity index (χ1v) is 11.2. The van der Waals surface area contributed by atoms with Gasteiger partial charge in [-0.2, -0.15) is 0 Å². The smallest absolute Gasteiger partial charge is 0.338 e. The number of unbranched alkanes of at least 4 members (excludes halogenated alkanes) is 2. The van der Waals surface area contributed by atoms with E-state index in [4.69, 9.17) is 4.74 Å². The molecule has 2 aliphatic carbocycles. The Morgan fingerprint density at radius 2 is 1.78 bits per heavy atom. The quantitative estimate of drug-likeness (QED) is 0.376. The van der Waals surface area contributed by atoms with Crippen molar-refractivity contribution < 1.29 is 9.53 Å². The number of carbonyl (C=O) groups excluding carboxylic acids is 1. The predicted octanol–water partition coefficient (Wildman–Crippen LogP) is 7.19. The van der Waals surface area contributed by atoms with Gasteiger partial charge in [-0.1, -0.05) is 57.7 Å². The molecule has 0 aliphatic heterocycles. The molecule has 2 nitrogen and oxygen atoms in total. The lowest BCUT2D eigenvalue weighted by molar-refractivity contribution is 0.0174. The van der Waals surface area contributed by atoms with E-state index in [0.717, 1.165) is 24.7 Å². The van der Waals surface area contributed by atoms with E-state index >= 15 is 0 Å². The van der Waals surface area contributed by atoms with Crippen LogP contribution < -0.4 is 0 Å². The summed E-state index contributed by atoms with van der Waals surface area (Å²) in [5.74, 6) is 1.48. The van der Waals surface area contributed by atoms with E-state index in [9.17, 15) is 4.79 Å². The number of carbonyl (C=O) groups is 1. The van der Waals surface area contributed by atoms with E-state index in [2.05, 4.69) is 32.1 Å². The lowest BCUT2D eigenvalue weighted by Crippen LogP contribution is -2.23. The van der Waals surface area contributed by atoms with E-state index in [1.165, 1.54) is 68.9 Å². The maximum absolute atomic E-state index is 12.4. The maximum Gasteiger partial charge on any atom is 0.338 e. The summed E-state index contributed by atoms with van der Waals surface area (Å²) >= 11 is 0. The van der Waals surface area contributed by atoms with Gasteiger partial charge in [-0.25, -0.2) is 4.79 Å². The molecular formula is C25H36O2. The molecule has 1 unspecified atom stereocenters. The number of esters is 1. The van der Waals surface area contributed by atoms with Gasteiger partial charge in [0.25, 0.3) is 0 Å². The molecule has 1 atom stereocenters.